The smallest absolute Gasteiger partial charge is 0.333 e. The fraction of sp³-hybridized carbons (Fsp3) is 0.467. The van der Waals surface area contributed by atoms with Crippen LogP contribution < -0.4 is 5.32 Å². The zero-order valence-electron chi connectivity index (χ0n) is 12.4. The zero-order valence-corrected chi connectivity index (χ0v) is 12.4. The predicted molar refractivity (Wildman–Crippen MR) is 75.2 cm³/mol. The first kappa shape index (κ1) is 17.1. The average Bonchev–Trinajstić information content (AvgIpc) is 2.45. The highest BCUT2D eigenvalue weighted by molar-refractivity contribution is 5.88. The van der Waals surface area contributed by atoms with Gasteiger partial charge in [-0.3, -0.25) is 4.79 Å². The molecule has 0 spiro atoms. The lowest BCUT2D eigenvalue weighted by Gasteiger charge is -2.27. The summed E-state index contributed by atoms with van der Waals surface area (Å²) in [5.74, 6) is -2.24. The van der Waals surface area contributed by atoms with Crippen LogP contribution in [0.15, 0.2) is 24.3 Å². The minimum absolute atomic E-state index is 0.0855. The molecule has 5 nitrogen and oxygen atoms in total. The lowest BCUT2D eigenvalue weighted by atomic mass is 9.92. The maximum absolute atomic E-state index is 12.9. The molecule has 0 aliphatic carbocycles. The van der Waals surface area contributed by atoms with Gasteiger partial charge < -0.3 is 15.2 Å². The van der Waals surface area contributed by atoms with Crippen LogP contribution in [0.5, 0.6) is 0 Å². The summed E-state index contributed by atoms with van der Waals surface area (Å²) in [4.78, 5) is 23.3. The lowest BCUT2D eigenvalue weighted by molar-refractivity contribution is -0.148. The largest absolute Gasteiger partial charge is 0.479 e. The zero-order chi connectivity index (χ0) is 16.0. The second-order valence-electron chi connectivity index (χ2n) is 5.02. The number of nitrogens with one attached hydrogen (secondary N) is 1. The van der Waals surface area contributed by atoms with Gasteiger partial charge in [0.2, 0.25) is 5.91 Å². The van der Waals surface area contributed by atoms with Crippen LogP contribution >= 0.6 is 0 Å². The number of benzene rings is 1. The Balaban J connectivity index is 2.84. The first-order valence-electron chi connectivity index (χ1n) is 6.71. The third-order valence-corrected chi connectivity index (χ3v) is 3.31. The van der Waals surface area contributed by atoms with Gasteiger partial charge in [-0.25, -0.2) is 9.18 Å². The fourth-order valence-electron chi connectivity index (χ4n) is 1.68. The molecule has 116 valence electrons. The summed E-state index contributed by atoms with van der Waals surface area (Å²) in [6, 6.07) is 4.97. The summed E-state index contributed by atoms with van der Waals surface area (Å²) in [5, 5.41) is 11.8. The Hall–Kier alpha value is -1.95. The Morgan fingerprint density at radius 2 is 1.95 bits per heavy atom. The topological polar surface area (TPSA) is 75.6 Å². The van der Waals surface area contributed by atoms with E-state index in [0.717, 1.165) is 18.6 Å². The van der Waals surface area contributed by atoms with Gasteiger partial charge in [-0.2, -0.15) is 0 Å². The van der Waals surface area contributed by atoms with Crippen molar-refractivity contribution in [1.82, 2.24) is 5.32 Å². The Labute approximate surface area is 123 Å². The van der Waals surface area contributed by atoms with Crippen LogP contribution in [-0.4, -0.2) is 29.7 Å². The summed E-state index contributed by atoms with van der Waals surface area (Å²) in [7, 11) is 0. The number of hydrogen-bond acceptors (Lipinski definition) is 3. The normalized spacial score (nSPS) is 15.0. The van der Waals surface area contributed by atoms with Crippen LogP contribution in [0.4, 0.5) is 4.39 Å². The van der Waals surface area contributed by atoms with Crippen molar-refractivity contribution in [2.75, 3.05) is 6.61 Å². The molecule has 0 bridgehead atoms. The van der Waals surface area contributed by atoms with Crippen molar-refractivity contribution in [3.8, 4) is 0 Å². The highest BCUT2D eigenvalue weighted by Crippen LogP contribution is 2.21. The summed E-state index contributed by atoms with van der Waals surface area (Å²) in [6.45, 7) is 4.87. The van der Waals surface area contributed by atoms with Crippen molar-refractivity contribution in [2.45, 2.75) is 38.8 Å². The third kappa shape index (κ3) is 4.53. The van der Waals surface area contributed by atoms with E-state index in [4.69, 9.17) is 4.74 Å². The summed E-state index contributed by atoms with van der Waals surface area (Å²) in [6.07, 6.45) is 0.666. The molecule has 1 aromatic rings. The average molecular weight is 297 g/mol. The summed E-state index contributed by atoms with van der Waals surface area (Å²) in [5.41, 5.74) is -1.35. The molecule has 0 radical (unpaired) electrons. The number of amides is 1. The molecule has 2 unspecified atom stereocenters. The molecule has 0 saturated carbocycles. The number of hydrogen-bond donors (Lipinski definition) is 2. The second-order valence-corrected chi connectivity index (χ2v) is 5.02. The number of carboxylic acids is 1. The Kier molecular flexibility index (Phi) is 5.84. The molecule has 1 amide bonds. The molecule has 0 aliphatic rings. The van der Waals surface area contributed by atoms with Crippen LogP contribution in [0, 0.1) is 5.82 Å². The SMILES string of the molecule is CCC(C)OCC(=O)NC(C)(C(=O)O)c1ccc(F)cc1. The van der Waals surface area contributed by atoms with Crippen LogP contribution in [0.25, 0.3) is 0 Å². The first-order valence-corrected chi connectivity index (χ1v) is 6.71. The van der Waals surface area contributed by atoms with Crippen LogP contribution in [0.3, 0.4) is 0 Å². The van der Waals surface area contributed by atoms with Crippen molar-refractivity contribution >= 4 is 11.9 Å². The Morgan fingerprint density at radius 3 is 2.43 bits per heavy atom. The van der Waals surface area contributed by atoms with Crippen LogP contribution in [-0.2, 0) is 19.9 Å². The van der Waals surface area contributed by atoms with E-state index in [1.54, 1.807) is 0 Å². The number of aliphatic carboxylic acids is 1. The second kappa shape index (κ2) is 7.17. The fourth-order valence-corrected chi connectivity index (χ4v) is 1.68. The highest BCUT2D eigenvalue weighted by Gasteiger charge is 2.36. The molecule has 1 rings (SSSR count). The van der Waals surface area contributed by atoms with E-state index in [1.165, 1.54) is 19.1 Å². The van der Waals surface area contributed by atoms with E-state index in [-0.39, 0.29) is 18.3 Å². The molecule has 1 aromatic carbocycles. The molecule has 0 heterocycles. The van der Waals surface area contributed by atoms with Gasteiger partial charge >= 0.3 is 5.97 Å². The monoisotopic (exact) mass is 297 g/mol. The van der Waals surface area contributed by atoms with Gasteiger partial charge in [-0.15, -0.1) is 0 Å². The van der Waals surface area contributed by atoms with Gasteiger partial charge in [-0.05, 0) is 38.0 Å². The number of halogens is 1. The van der Waals surface area contributed by atoms with E-state index in [0.29, 0.717) is 0 Å². The van der Waals surface area contributed by atoms with Crippen molar-refractivity contribution in [2.24, 2.45) is 0 Å². The molecule has 2 N–H and O–H groups in total. The van der Waals surface area contributed by atoms with E-state index < -0.39 is 23.2 Å². The van der Waals surface area contributed by atoms with Gasteiger partial charge in [0.25, 0.3) is 0 Å². The molecule has 0 fully saturated rings. The van der Waals surface area contributed by atoms with Crippen molar-refractivity contribution in [3.63, 3.8) is 0 Å². The minimum Gasteiger partial charge on any atom is -0.479 e. The number of carbonyl (C=O) groups excluding carboxylic acids is 1. The van der Waals surface area contributed by atoms with Crippen molar-refractivity contribution in [3.05, 3.63) is 35.6 Å². The van der Waals surface area contributed by atoms with Crippen molar-refractivity contribution in [1.29, 1.82) is 0 Å². The van der Waals surface area contributed by atoms with E-state index in [1.807, 2.05) is 13.8 Å². The standard InChI is InChI=1S/C15H20FNO4/c1-4-10(2)21-9-13(18)17-15(3,14(19)20)11-5-7-12(16)8-6-11/h5-8,10H,4,9H2,1-3H3,(H,17,18)(H,19,20). The maximum atomic E-state index is 12.9. The van der Waals surface area contributed by atoms with Gasteiger partial charge in [-0.1, -0.05) is 19.1 Å². The Morgan fingerprint density at radius 1 is 1.38 bits per heavy atom. The molecule has 21 heavy (non-hydrogen) atoms. The quantitative estimate of drug-likeness (QED) is 0.807. The molecule has 0 saturated heterocycles. The van der Waals surface area contributed by atoms with E-state index in [2.05, 4.69) is 5.32 Å². The maximum Gasteiger partial charge on any atom is 0.333 e. The van der Waals surface area contributed by atoms with Crippen LogP contribution in [0.2, 0.25) is 0 Å². The lowest BCUT2D eigenvalue weighted by Crippen LogP contribution is -2.50. The van der Waals surface area contributed by atoms with Gasteiger partial charge in [0, 0.05) is 0 Å². The summed E-state index contributed by atoms with van der Waals surface area (Å²) < 4.78 is 18.2. The third-order valence-electron chi connectivity index (χ3n) is 3.31. The first-order chi connectivity index (χ1) is 9.79. The molecular weight excluding hydrogens is 277 g/mol. The van der Waals surface area contributed by atoms with Crippen molar-refractivity contribution < 1.29 is 23.8 Å². The molecule has 6 heteroatoms. The molecular formula is C15H20FNO4. The minimum atomic E-state index is -1.64. The number of rotatable bonds is 7. The molecule has 0 aromatic heterocycles. The van der Waals surface area contributed by atoms with Gasteiger partial charge in [0.05, 0.1) is 6.10 Å². The number of carboxylic acid groups (broad SMARTS) is 1. The predicted octanol–water partition coefficient (Wildman–Crippen LogP) is 2.06. The number of ether oxygens (including phenoxy) is 1. The summed E-state index contributed by atoms with van der Waals surface area (Å²) >= 11 is 0. The van der Waals surface area contributed by atoms with Gasteiger partial charge in [0.1, 0.15) is 12.4 Å². The van der Waals surface area contributed by atoms with Crippen LogP contribution in [0.1, 0.15) is 32.8 Å². The molecule has 2 atom stereocenters. The van der Waals surface area contributed by atoms with E-state index in [9.17, 15) is 19.1 Å². The highest BCUT2D eigenvalue weighted by atomic mass is 19.1. The van der Waals surface area contributed by atoms with Gasteiger partial charge in [0.15, 0.2) is 5.54 Å². The molecule has 0 aliphatic heterocycles. The number of carbonyl (C=O) groups is 2. The Bertz CT molecular complexity index is 503. The van der Waals surface area contributed by atoms with E-state index >= 15 is 0 Å².